The number of hydrogen-bond donors (Lipinski definition) is 2. The molecule has 2 aromatic rings. The first-order valence-corrected chi connectivity index (χ1v) is 5.15. The Bertz CT molecular complexity index is 567. The molecule has 0 bridgehead atoms. The third kappa shape index (κ3) is 3.06. The molecule has 6 nitrogen and oxygen atoms in total. The van der Waals surface area contributed by atoms with Gasteiger partial charge in [-0.15, -0.1) is 10.2 Å². The maximum absolute atomic E-state index is 12.7. The van der Waals surface area contributed by atoms with Crippen LogP contribution in [0.5, 0.6) is 0 Å². The molecule has 100 valence electrons. The predicted molar refractivity (Wildman–Crippen MR) is 56.8 cm³/mol. The van der Waals surface area contributed by atoms with Crippen LogP contribution in [0, 0.1) is 0 Å². The van der Waals surface area contributed by atoms with Crippen LogP contribution < -0.4 is 5.32 Å². The molecule has 19 heavy (non-hydrogen) atoms. The van der Waals surface area contributed by atoms with Crippen molar-refractivity contribution in [3.8, 4) is 0 Å². The summed E-state index contributed by atoms with van der Waals surface area (Å²) in [5, 5.41) is 14.4. The summed E-state index contributed by atoms with van der Waals surface area (Å²) in [5.74, 6) is -0.935. The second-order valence-electron chi connectivity index (χ2n) is 3.57. The van der Waals surface area contributed by atoms with Gasteiger partial charge in [0, 0.05) is 6.54 Å². The van der Waals surface area contributed by atoms with Gasteiger partial charge in [0.25, 0.3) is 11.7 Å². The van der Waals surface area contributed by atoms with Crippen LogP contribution in [0.1, 0.15) is 21.7 Å². The van der Waals surface area contributed by atoms with E-state index >= 15 is 0 Å². The highest BCUT2D eigenvalue weighted by molar-refractivity contribution is 5.89. The van der Waals surface area contributed by atoms with Gasteiger partial charge in [0.05, 0.1) is 5.56 Å². The van der Waals surface area contributed by atoms with E-state index in [2.05, 4.69) is 25.9 Å². The van der Waals surface area contributed by atoms with Crippen LogP contribution in [0.2, 0.25) is 0 Å². The number of amides is 1. The number of carbonyl (C=O) groups is 1. The van der Waals surface area contributed by atoms with E-state index < -0.39 is 17.6 Å². The number of halogens is 3. The highest BCUT2D eigenvalue weighted by Crippen LogP contribution is 2.31. The van der Waals surface area contributed by atoms with E-state index in [1.54, 1.807) is 0 Å². The molecular formula is C10H8F3N5O. The monoisotopic (exact) mass is 271 g/mol. The number of tetrazole rings is 1. The summed E-state index contributed by atoms with van der Waals surface area (Å²) < 4.78 is 38.1. The van der Waals surface area contributed by atoms with E-state index in [0.29, 0.717) is 0 Å². The zero-order valence-corrected chi connectivity index (χ0v) is 9.40. The van der Waals surface area contributed by atoms with Crippen LogP contribution in [0.4, 0.5) is 13.2 Å². The average molecular weight is 271 g/mol. The molecule has 0 spiro atoms. The highest BCUT2D eigenvalue weighted by atomic mass is 19.4. The summed E-state index contributed by atoms with van der Waals surface area (Å²) in [7, 11) is 0. The van der Waals surface area contributed by atoms with Crippen molar-refractivity contribution in [1.29, 1.82) is 0 Å². The number of nitrogens with zero attached hydrogens (tertiary/aromatic N) is 3. The van der Waals surface area contributed by atoms with E-state index in [4.69, 9.17) is 0 Å². The van der Waals surface area contributed by atoms with Crippen molar-refractivity contribution in [1.82, 2.24) is 25.9 Å². The topological polar surface area (TPSA) is 83.6 Å². The minimum Gasteiger partial charge on any atom is -0.345 e. The molecule has 9 heteroatoms. The molecule has 0 aliphatic rings. The summed E-state index contributed by atoms with van der Waals surface area (Å²) in [5.41, 5.74) is -0.824. The molecule has 0 fully saturated rings. The van der Waals surface area contributed by atoms with E-state index in [1.165, 1.54) is 18.2 Å². The first-order valence-electron chi connectivity index (χ1n) is 5.15. The number of carbonyl (C=O) groups excluding carboxylic acids is 1. The van der Waals surface area contributed by atoms with Gasteiger partial charge in [0.15, 0.2) is 0 Å². The quantitative estimate of drug-likeness (QED) is 0.877. The zero-order chi connectivity index (χ0) is 13.9. The standard InChI is InChI=1S/C10H8F3N5O/c11-10(12,13)7-4-2-1-3-6(7)5-14-9(19)8-15-17-18-16-8/h1-4H,5H2,(H,14,19)(H,15,16,17,18). The summed E-state index contributed by atoms with van der Waals surface area (Å²) in [6.07, 6.45) is -4.46. The Morgan fingerprint density at radius 1 is 1.32 bits per heavy atom. The number of aromatic nitrogens is 4. The summed E-state index contributed by atoms with van der Waals surface area (Å²) in [6, 6.07) is 4.99. The van der Waals surface area contributed by atoms with Gasteiger partial charge in [0.2, 0.25) is 0 Å². The Kier molecular flexibility index (Phi) is 3.45. The fourth-order valence-electron chi connectivity index (χ4n) is 1.46. The van der Waals surface area contributed by atoms with E-state index in [-0.39, 0.29) is 17.9 Å². The molecule has 2 rings (SSSR count). The highest BCUT2D eigenvalue weighted by Gasteiger charge is 2.32. The normalized spacial score (nSPS) is 11.3. The molecule has 1 heterocycles. The molecule has 1 aromatic heterocycles. The van der Waals surface area contributed by atoms with Crippen LogP contribution in [-0.4, -0.2) is 26.5 Å². The third-order valence-electron chi connectivity index (χ3n) is 2.31. The lowest BCUT2D eigenvalue weighted by Crippen LogP contribution is -2.25. The zero-order valence-electron chi connectivity index (χ0n) is 9.40. The molecule has 0 saturated carbocycles. The fourth-order valence-corrected chi connectivity index (χ4v) is 1.46. The van der Waals surface area contributed by atoms with Gasteiger partial charge in [-0.05, 0) is 16.8 Å². The van der Waals surface area contributed by atoms with Crippen LogP contribution in [0.25, 0.3) is 0 Å². The first kappa shape index (κ1) is 13.0. The van der Waals surface area contributed by atoms with Crippen LogP contribution in [0.15, 0.2) is 24.3 Å². The predicted octanol–water partition coefficient (Wildman–Crippen LogP) is 1.15. The van der Waals surface area contributed by atoms with Gasteiger partial charge in [-0.3, -0.25) is 4.79 Å². The smallest absolute Gasteiger partial charge is 0.345 e. The largest absolute Gasteiger partial charge is 0.416 e. The Morgan fingerprint density at radius 3 is 2.68 bits per heavy atom. The fraction of sp³-hybridized carbons (Fsp3) is 0.200. The van der Waals surface area contributed by atoms with Gasteiger partial charge in [-0.25, -0.2) is 0 Å². The number of rotatable bonds is 3. The van der Waals surface area contributed by atoms with E-state index in [0.717, 1.165) is 6.07 Å². The Morgan fingerprint density at radius 2 is 2.05 bits per heavy atom. The van der Waals surface area contributed by atoms with Crippen LogP contribution >= 0.6 is 0 Å². The molecule has 0 radical (unpaired) electrons. The van der Waals surface area contributed by atoms with Gasteiger partial charge >= 0.3 is 6.18 Å². The van der Waals surface area contributed by atoms with Crippen LogP contribution in [0.3, 0.4) is 0 Å². The maximum Gasteiger partial charge on any atom is 0.416 e. The van der Waals surface area contributed by atoms with Crippen molar-refractivity contribution in [3.05, 3.63) is 41.2 Å². The van der Waals surface area contributed by atoms with E-state index in [1.807, 2.05) is 0 Å². The van der Waals surface area contributed by atoms with Crippen molar-refractivity contribution >= 4 is 5.91 Å². The summed E-state index contributed by atoms with van der Waals surface area (Å²) in [6.45, 7) is -0.275. The number of aromatic amines is 1. The number of alkyl halides is 3. The maximum atomic E-state index is 12.7. The Labute approximate surface area is 105 Å². The molecule has 0 aliphatic heterocycles. The minimum atomic E-state index is -4.46. The number of nitrogens with one attached hydrogen (secondary N) is 2. The summed E-state index contributed by atoms with van der Waals surface area (Å²) in [4.78, 5) is 11.5. The van der Waals surface area contributed by atoms with Crippen molar-refractivity contribution in [2.45, 2.75) is 12.7 Å². The number of H-pyrrole nitrogens is 1. The van der Waals surface area contributed by atoms with Gasteiger partial charge in [-0.2, -0.15) is 18.4 Å². The molecular weight excluding hydrogens is 263 g/mol. The number of benzene rings is 1. The van der Waals surface area contributed by atoms with Gasteiger partial charge < -0.3 is 5.32 Å². The Balaban J connectivity index is 2.10. The molecule has 2 N–H and O–H groups in total. The first-order chi connectivity index (χ1) is 8.98. The second kappa shape index (κ2) is 5.04. The molecule has 1 aromatic carbocycles. The van der Waals surface area contributed by atoms with Crippen molar-refractivity contribution in [3.63, 3.8) is 0 Å². The average Bonchev–Trinajstić information content (AvgIpc) is 2.89. The van der Waals surface area contributed by atoms with Crippen LogP contribution in [-0.2, 0) is 12.7 Å². The van der Waals surface area contributed by atoms with Crippen molar-refractivity contribution < 1.29 is 18.0 Å². The van der Waals surface area contributed by atoms with Crippen molar-refractivity contribution in [2.75, 3.05) is 0 Å². The lowest BCUT2D eigenvalue weighted by atomic mass is 10.1. The number of hydrogen-bond acceptors (Lipinski definition) is 4. The summed E-state index contributed by atoms with van der Waals surface area (Å²) >= 11 is 0. The van der Waals surface area contributed by atoms with Gasteiger partial charge in [0.1, 0.15) is 0 Å². The third-order valence-corrected chi connectivity index (χ3v) is 2.31. The second-order valence-corrected chi connectivity index (χ2v) is 3.57. The van der Waals surface area contributed by atoms with Crippen molar-refractivity contribution in [2.24, 2.45) is 0 Å². The lowest BCUT2D eigenvalue weighted by Gasteiger charge is -2.12. The molecule has 1 amide bonds. The van der Waals surface area contributed by atoms with E-state index in [9.17, 15) is 18.0 Å². The molecule has 0 saturated heterocycles. The molecule has 0 unspecified atom stereocenters. The minimum absolute atomic E-state index is 0.0353. The Hall–Kier alpha value is -2.45. The molecule has 0 atom stereocenters. The van der Waals surface area contributed by atoms with Gasteiger partial charge in [-0.1, -0.05) is 18.2 Å². The SMILES string of the molecule is O=C(NCc1ccccc1C(F)(F)F)c1nn[nH]n1. The molecule has 0 aliphatic carbocycles. The lowest BCUT2D eigenvalue weighted by molar-refractivity contribution is -0.138.